The first-order chi connectivity index (χ1) is 12.6. The number of fused-ring (bicyclic) bond motifs is 1. The van der Waals surface area contributed by atoms with Crippen LogP contribution in [0.3, 0.4) is 0 Å². The Kier molecular flexibility index (Phi) is 5.07. The zero-order valence-corrected chi connectivity index (χ0v) is 15.5. The normalized spacial score (nSPS) is 15.2. The second-order valence-electron chi connectivity index (χ2n) is 6.19. The summed E-state index contributed by atoms with van der Waals surface area (Å²) in [6.07, 6.45) is -0.973. The first-order valence-electron chi connectivity index (χ1n) is 8.44. The molecule has 7 heteroatoms. The maximum atomic E-state index is 13.6. The Morgan fingerprint density at radius 1 is 1.04 bits per heavy atom. The summed E-state index contributed by atoms with van der Waals surface area (Å²) < 4.78 is 29.0. The van der Waals surface area contributed by atoms with Gasteiger partial charge >= 0.3 is 0 Å². The number of piperazine rings is 1. The summed E-state index contributed by atoms with van der Waals surface area (Å²) in [6.45, 7) is 3.59. The second-order valence-corrected chi connectivity index (χ2v) is 7.68. The fourth-order valence-corrected chi connectivity index (χ4v) is 4.23. The lowest BCUT2D eigenvalue weighted by atomic mass is 10.1. The zero-order valence-electron chi connectivity index (χ0n) is 14.0. The van der Waals surface area contributed by atoms with Gasteiger partial charge in [0, 0.05) is 58.9 Å². The number of anilines is 1. The lowest BCUT2D eigenvalue weighted by Gasteiger charge is -2.29. The standard InChI is InChI=1S/C19H18ClF2N3S/c20-13-1-4-15(5-2-13)26-25-12-17(19(21)22)16-11-14(3-6-18(16)25)24-9-7-23-8-10-24/h1-6,11-12,19,23H,7-10H2. The molecule has 0 bridgehead atoms. The predicted molar refractivity (Wildman–Crippen MR) is 105 cm³/mol. The van der Waals surface area contributed by atoms with Crippen LogP contribution in [0.15, 0.2) is 53.6 Å². The van der Waals surface area contributed by atoms with E-state index < -0.39 is 6.43 Å². The van der Waals surface area contributed by atoms with E-state index in [1.165, 1.54) is 18.1 Å². The third-order valence-electron chi connectivity index (χ3n) is 4.52. The molecule has 1 aromatic heterocycles. The lowest BCUT2D eigenvalue weighted by molar-refractivity contribution is 0.153. The zero-order chi connectivity index (χ0) is 18.1. The summed E-state index contributed by atoms with van der Waals surface area (Å²) in [6, 6.07) is 13.2. The van der Waals surface area contributed by atoms with Crippen molar-refractivity contribution in [3.05, 3.63) is 59.2 Å². The highest BCUT2D eigenvalue weighted by Gasteiger charge is 2.19. The third-order valence-corrected chi connectivity index (χ3v) is 5.75. The Hall–Kier alpha value is -1.76. The van der Waals surface area contributed by atoms with Crippen molar-refractivity contribution in [2.75, 3.05) is 31.1 Å². The van der Waals surface area contributed by atoms with Crippen LogP contribution in [0, 0.1) is 0 Å². The van der Waals surface area contributed by atoms with Gasteiger partial charge in [-0.05, 0) is 54.4 Å². The van der Waals surface area contributed by atoms with Crippen molar-refractivity contribution in [2.24, 2.45) is 0 Å². The number of nitrogens with one attached hydrogen (secondary N) is 1. The number of rotatable bonds is 4. The van der Waals surface area contributed by atoms with Gasteiger partial charge in [-0.3, -0.25) is 3.97 Å². The number of hydrogen-bond acceptors (Lipinski definition) is 3. The van der Waals surface area contributed by atoms with Gasteiger partial charge in [0.15, 0.2) is 0 Å². The lowest BCUT2D eigenvalue weighted by Crippen LogP contribution is -2.43. The molecule has 4 rings (SSSR count). The van der Waals surface area contributed by atoms with Crippen LogP contribution in [0.1, 0.15) is 12.0 Å². The molecule has 0 atom stereocenters. The number of alkyl halides is 2. The average Bonchev–Trinajstić information content (AvgIpc) is 3.02. The molecular formula is C19H18ClF2N3S. The van der Waals surface area contributed by atoms with E-state index in [9.17, 15) is 8.78 Å². The molecule has 3 nitrogen and oxygen atoms in total. The van der Waals surface area contributed by atoms with Gasteiger partial charge in [0.05, 0.1) is 5.52 Å². The molecule has 2 heterocycles. The Labute approximate surface area is 160 Å². The van der Waals surface area contributed by atoms with Crippen LogP contribution in [0.5, 0.6) is 0 Å². The first-order valence-corrected chi connectivity index (χ1v) is 9.60. The monoisotopic (exact) mass is 393 g/mol. The maximum absolute atomic E-state index is 13.6. The van der Waals surface area contributed by atoms with E-state index in [0.717, 1.165) is 42.3 Å². The number of hydrogen-bond donors (Lipinski definition) is 1. The molecule has 1 saturated heterocycles. The van der Waals surface area contributed by atoms with Gasteiger partial charge in [0.2, 0.25) is 0 Å². The Morgan fingerprint density at radius 3 is 2.46 bits per heavy atom. The van der Waals surface area contributed by atoms with Crippen LogP contribution in [0.25, 0.3) is 10.9 Å². The van der Waals surface area contributed by atoms with Gasteiger partial charge in [0.1, 0.15) is 0 Å². The molecule has 3 aromatic rings. The highest BCUT2D eigenvalue weighted by atomic mass is 35.5. The van der Waals surface area contributed by atoms with Crippen LogP contribution >= 0.6 is 23.5 Å². The number of nitrogens with zero attached hydrogens (tertiary/aromatic N) is 2. The predicted octanol–water partition coefficient (Wildman–Crippen LogP) is 5.20. The van der Waals surface area contributed by atoms with Crippen molar-refractivity contribution in [3.8, 4) is 0 Å². The topological polar surface area (TPSA) is 20.2 Å². The van der Waals surface area contributed by atoms with Crippen molar-refractivity contribution in [2.45, 2.75) is 11.3 Å². The Bertz CT molecular complexity index is 905. The van der Waals surface area contributed by atoms with Gasteiger partial charge in [0.25, 0.3) is 6.43 Å². The number of halogens is 3. The fourth-order valence-electron chi connectivity index (χ4n) is 3.19. The van der Waals surface area contributed by atoms with E-state index in [0.29, 0.717) is 10.4 Å². The molecule has 0 unspecified atom stereocenters. The molecule has 2 aromatic carbocycles. The largest absolute Gasteiger partial charge is 0.369 e. The molecule has 0 aliphatic carbocycles. The second kappa shape index (κ2) is 7.47. The maximum Gasteiger partial charge on any atom is 0.265 e. The van der Waals surface area contributed by atoms with E-state index in [1.807, 2.05) is 34.3 Å². The highest BCUT2D eigenvalue weighted by molar-refractivity contribution is 7.98. The van der Waals surface area contributed by atoms with Crippen molar-refractivity contribution < 1.29 is 8.78 Å². The smallest absolute Gasteiger partial charge is 0.265 e. The molecule has 1 aliphatic heterocycles. The Balaban J connectivity index is 1.73. The molecule has 1 aliphatic rings. The van der Waals surface area contributed by atoms with E-state index in [1.54, 1.807) is 12.1 Å². The van der Waals surface area contributed by atoms with Crippen LogP contribution < -0.4 is 10.2 Å². The summed E-state index contributed by atoms with van der Waals surface area (Å²) in [4.78, 5) is 3.17. The molecule has 26 heavy (non-hydrogen) atoms. The minimum atomic E-state index is -2.51. The van der Waals surface area contributed by atoms with Crippen molar-refractivity contribution in [1.29, 1.82) is 0 Å². The summed E-state index contributed by atoms with van der Waals surface area (Å²) in [5.74, 6) is 0. The van der Waals surface area contributed by atoms with Crippen molar-refractivity contribution in [3.63, 3.8) is 0 Å². The molecular weight excluding hydrogens is 376 g/mol. The summed E-state index contributed by atoms with van der Waals surface area (Å²) >= 11 is 7.33. The molecule has 0 saturated carbocycles. The molecule has 0 amide bonds. The van der Waals surface area contributed by atoms with Gasteiger partial charge < -0.3 is 10.2 Å². The molecule has 0 radical (unpaired) electrons. The minimum absolute atomic E-state index is 0.0680. The summed E-state index contributed by atoms with van der Waals surface area (Å²) in [5.41, 5.74) is 1.85. The van der Waals surface area contributed by atoms with Gasteiger partial charge in [-0.25, -0.2) is 8.78 Å². The fraction of sp³-hybridized carbons (Fsp3) is 0.263. The first kappa shape index (κ1) is 17.6. The summed E-state index contributed by atoms with van der Waals surface area (Å²) in [7, 11) is 0. The van der Waals surface area contributed by atoms with Gasteiger partial charge in [-0.15, -0.1) is 0 Å². The van der Waals surface area contributed by atoms with Crippen LogP contribution in [0.2, 0.25) is 5.02 Å². The average molecular weight is 394 g/mol. The highest BCUT2D eigenvalue weighted by Crippen LogP contribution is 2.36. The van der Waals surface area contributed by atoms with E-state index in [-0.39, 0.29) is 5.56 Å². The van der Waals surface area contributed by atoms with E-state index in [4.69, 9.17) is 11.6 Å². The number of aromatic nitrogens is 1. The van der Waals surface area contributed by atoms with E-state index in [2.05, 4.69) is 10.2 Å². The molecule has 0 spiro atoms. The Morgan fingerprint density at radius 2 is 1.77 bits per heavy atom. The molecule has 1 fully saturated rings. The van der Waals surface area contributed by atoms with E-state index >= 15 is 0 Å². The van der Waals surface area contributed by atoms with Crippen LogP contribution in [-0.2, 0) is 0 Å². The molecule has 1 N–H and O–H groups in total. The number of benzene rings is 2. The van der Waals surface area contributed by atoms with Crippen LogP contribution in [0.4, 0.5) is 14.5 Å². The SMILES string of the molecule is FC(F)c1cn(Sc2ccc(Cl)cc2)c2ccc(N3CCNCC3)cc12. The summed E-state index contributed by atoms with van der Waals surface area (Å²) in [5, 5.41) is 4.57. The molecule has 136 valence electrons. The van der Waals surface area contributed by atoms with Gasteiger partial charge in [-0.2, -0.15) is 0 Å². The minimum Gasteiger partial charge on any atom is -0.369 e. The van der Waals surface area contributed by atoms with Crippen LogP contribution in [-0.4, -0.2) is 30.2 Å². The van der Waals surface area contributed by atoms with Crippen molar-refractivity contribution in [1.82, 2.24) is 9.29 Å². The van der Waals surface area contributed by atoms with Crippen molar-refractivity contribution >= 4 is 40.1 Å². The van der Waals surface area contributed by atoms with Gasteiger partial charge in [-0.1, -0.05) is 11.6 Å². The third kappa shape index (κ3) is 3.54. The quantitative estimate of drug-likeness (QED) is 0.658.